The molecular weight excluding hydrogens is 212 g/mol. The molecule has 0 N–H and O–H groups in total. The Labute approximate surface area is 104 Å². The molecule has 94 valence electrons. The van der Waals surface area contributed by atoms with Crippen LogP contribution in [0.15, 0.2) is 6.07 Å². The Morgan fingerprint density at radius 2 is 1.76 bits per heavy atom. The molecule has 1 aromatic carbocycles. The molecular formula is C15H22O2. The maximum absolute atomic E-state index is 11.7. The van der Waals surface area contributed by atoms with Crippen molar-refractivity contribution in [2.75, 3.05) is 7.11 Å². The molecule has 0 aliphatic rings. The van der Waals surface area contributed by atoms with Crippen molar-refractivity contribution in [3.63, 3.8) is 0 Å². The molecule has 0 aromatic heterocycles. The van der Waals surface area contributed by atoms with Crippen molar-refractivity contribution in [2.24, 2.45) is 5.92 Å². The van der Waals surface area contributed by atoms with Gasteiger partial charge in [-0.2, -0.15) is 0 Å². The molecule has 1 rings (SSSR count). The Morgan fingerprint density at radius 1 is 1.18 bits per heavy atom. The van der Waals surface area contributed by atoms with Gasteiger partial charge in [-0.1, -0.05) is 13.8 Å². The van der Waals surface area contributed by atoms with Crippen LogP contribution in [0, 0.1) is 26.7 Å². The summed E-state index contributed by atoms with van der Waals surface area (Å²) in [6.45, 7) is 10.6. The van der Waals surface area contributed by atoms with E-state index in [1.54, 1.807) is 0 Å². The van der Waals surface area contributed by atoms with E-state index in [0.29, 0.717) is 11.5 Å². The number of ether oxygens (including phenoxy) is 1. The van der Waals surface area contributed by atoms with Crippen molar-refractivity contribution in [1.82, 2.24) is 0 Å². The molecule has 1 aromatic rings. The Morgan fingerprint density at radius 3 is 2.24 bits per heavy atom. The van der Waals surface area contributed by atoms with E-state index in [-0.39, 0.29) is 5.97 Å². The fourth-order valence-electron chi connectivity index (χ4n) is 2.09. The van der Waals surface area contributed by atoms with Crippen LogP contribution in [0.3, 0.4) is 0 Å². The van der Waals surface area contributed by atoms with Gasteiger partial charge in [0.1, 0.15) is 0 Å². The molecule has 0 radical (unpaired) electrons. The molecule has 2 nitrogen and oxygen atoms in total. The highest BCUT2D eigenvalue weighted by Crippen LogP contribution is 2.24. The summed E-state index contributed by atoms with van der Waals surface area (Å²) in [7, 11) is 1.43. The number of benzene rings is 1. The lowest BCUT2D eigenvalue weighted by atomic mass is 9.90. The second kappa shape index (κ2) is 5.35. The number of methoxy groups -OCH3 is 1. The first-order valence-electron chi connectivity index (χ1n) is 6.06. The van der Waals surface area contributed by atoms with E-state index in [2.05, 4.69) is 27.7 Å². The SMILES string of the molecule is COC(=O)c1cc(CC(C)C)c(C)c(C)c1C. The molecule has 0 bridgehead atoms. The number of hydrogen-bond donors (Lipinski definition) is 0. The first-order chi connectivity index (χ1) is 7.88. The van der Waals surface area contributed by atoms with Crippen LogP contribution in [-0.4, -0.2) is 13.1 Å². The van der Waals surface area contributed by atoms with Crippen molar-refractivity contribution < 1.29 is 9.53 Å². The van der Waals surface area contributed by atoms with Crippen LogP contribution in [0.1, 0.15) is 46.5 Å². The fourth-order valence-corrected chi connectivity index (χ4v) is 2.09. The monoisotopic (exact) mass is 234 g/mol. The topological polar surface area (TPSA) is 26.3 Å². The van der Waals surface area contributed by atoms with E-state index in [0.717, 1.165) is 12.0 Å². The molecule has 0 aliphatic carbocycles. The predicted octanol–water partition coefficient (Wildman–Crippen LogP) is 3.60. The van der Waals surface area contributed by atoms with Crippen molar-refractivity contribution in [3.05, 3.63) is 33.9 Å². The Balaban J connectivity index is 3.33. The lowest BCUT2D eigenvalue weighted by molar-refractivity contribution is 0.0599. The predicted molar refractivity (Wildman–Crippen MR) is 70.5 cm³/mol. The average Bonchev–Trinajstić information content (AvgIpc) is 2.28. The van der Waals surface area contributed by atoms with E-state index in [9.17, 15) is 4.79 Å². The summed E-state index contributed by atoms with van der Waals surface area (Å²) in [6.07, 6.45) is 0.997. The zero-order valence-corrected chi connectivity index (χ0v) is 11.7. The van der Waals surface area contributed by atoms with Gasteiger partial charge < -0.3 is 4.74 Å². The maximum Gasteiger partial charge on any atom is 0.338 e. The van der Waals surface area contributed by atoms with E-state index in [1.165, 1.54) is 23.8 Å². The summed E-state index contributed by atoms with van der Waals surface area (Å²) in [6, 6.07) is 1.99. The summed E-state index contributed by atoms with van der Waals surface area (Å²) >= 11 is 0. The van der Waals surface area contributed by atoms with Crippen LogP contribution in [0.5, 0.6) is 0 Å². The second-order valence-corrected chi connectivity index (χ2v) is 5.05. The minimum absolute atomic E-state index is 0.240. The Kier molecular flexibility index (Phi) is 4.33. The van der Waals surface area contributed by atoms with Crippen LogP contribution in [0.2, 0.25) is 0 Å². The summed E-state index contributed by atoms with van der Waals surface area (Å²) in [5, 5.41) is 0. The van der Waals surface area contributed by atoms with Crippen LogP contribution in [-0.2, 0) is 11.2 Å². The zero-order chi connectivity index (χ0) is 13.2. The van der Waals surface area contributed by atoms with Crippen molar-refractivity contribution in [2.45, 2.75) is 41.0 Å². The van der Waals surface area contributed by atoms with Crippen molar-refractivity contribution >= 4 is 5.97 Å². The lowest BCUT2D eigenvalue weighted by Gasteiger charge is -2.16. The summed E-state index contributed by atoms with van der Waals surface area (Å²) in [5.41, 5.74) is 5.48. The van der Waals surface area contributed by atoms with E-state index >= 15 is 0 Å². The van der Waals surface area contributed by atoms with Gasteiger partial charge >= 0.3 is 5.97 Å². The quantitative estimate of drug-likeness (QED) is 0.747. The average molecular weight is 234 g/mol. The van der Waals surface area contributed by atoms with Crippen LogP contribution in [0.4, 0.5) is 0 Å². The first-order valence-corrected chi connectivity index (χ1v) is 6.06. The molecule has 0 atom stereocenters. The highest BCUT2D eigenvalue weighted by atomic mass is 16.5. The fraction of sp³-hybridized carbons (Fsp3) is 0.533. The normalized spacial score (nSPS) is 10.8. The highest BCUT2D eigenvalue weighted by molar-refractivity contribution is 5.91. The maximum atomic E-state index is 11.7. The van der Waals surface area contributed by atoms with Crippen molar-refractivity contribution in [3.8, 4) is 0 Å². The van der Waals surface area contributed by atoms with Gasteiger partial charge in [0.25, 0.3) is 0 Å². The van der Waals surface area contributed by atoms with Crippen LogP contribution < -0.4 is 0 Å². The molecule has 0 saturated heterocycles. The number of carbonyl (C=O) groups is 1. The molecule has 0 heterocycles. The number of rotatable bonds is 3. The molecule has 0 aliphatic heterocycles. The molecule has 0 saturated carbocycles. The minimum atomic E-state index is -0.240. The molecule has 0 unspecified atom stereocenters. The second-order valence-electron chi connectivity index (χ2n) is 5.05. The van der Waals surface area contributed by atoms with Gasteiger partial charge in [-0.3, -0.25) is 0 Å². The third-order valence-electron chi connectivity index (χ3n) is 3.36. The van der Waals surface area contributed by atoms with Crippen LogP contribution in [0.25, 0.3) is 0 Å². The van der Waals surface area contributed by atoms with Gasteiger partial charge in [0.15, 0.2) is 0 Å². The molecule has 0 amide bonds. The highest BCUT2D eigenvalue weighted by Gasteiger charge is 2.15. The summed E-state index contributed by atoms with van der Waals surface area (Å²) < 4.78 is 4.83. The van der Waals surface area contributed by atoms with Gasteiger partial charge in [-0.15, -0.1) is 0 Å². The van der Waals surface area contributed by atoms with Gasteiger partial charge in [0.2, 0.25) is 0 Å². The lowest BCUT2D eigenvalue weighted by Crippen LogP contribution is -2.09. The van der Waals surface area contributed by atoms with E-state index < -0.39 is 0 Å². The van der Waals surface area contributed by atoms with Gasteiger partial charge in [-0.05, 0) is 61.4 Å². The molecule has 0 spiro atoms. The number of hydrogen-bond acceptors (Lipinski definition) is 2. The largest absolute Gasteiger partial charge is 0.465 e. The number of esters is 1. The zero-order valence-electron chi connectivity index (χ0n) is 11.7. The summed E-state index contributed by atoms with van der Waals surface area (Å²) in [5.74, 6) is 0.344. The van der Waals surface area contributed by atoms with Gasteiger partial charge in [-0.25, -0.2) is 4.79 Å². The summed E-state index contributed by atoms with van der Waals surface area (Å²) in [4.78, 5) is 11.7. The smallest absolute Gasteiger partial charge is 0.338 e. The standard InChI is InChI=1S/C15H22O2/c1-9(2)7-13-8-14(15(16)17-6)12(5)10(3)11(13)4/h8-9H,7H2,1-6H3. The number of carbonyl (C=O) groups excluding carboxylic acids is 1. The van der Waals surface area contributed by atoms with Gasteiger partial charge in [0.05, 0.1) is 12.7 Å². The third-order valence-corrected chi connectivity index (χ3v) is 3.36. The third kappa shape index (κ3) is 2.87. The van der Waals surface area contributed by atoms with Crippen LogP contribution >= 0.6 is 0 Å². The van der Waals surface area contributed by atoms with Gasteiger partial charge in [0, 0.05) is 0 Å². The minimum Gasteiger partial charge on any atom is -0.465 e. The molecule has 17 heavy (non-hydrogen) atoms. The first kappa shape index (κ1) is 13.8. The molecule has 0 fully saturated rings. The van der Waals surface area contributed by atoms with Crippen molar-refractivity contribution in [1.29, 1.82) is 0 Å². The van der Waals surface area contributed by atoms with E-state index in [4.69, 9.17) is 4.74 Å². The molecule has 2 heteroatoms. The Bertz CT molecular complexity index is 431. The Hall–Kier alpha value is -1.31. The van der Waals surface area contributed by atoms with E-state index in [1.807, 2.05) is 13.0 Å².